The highest BCUT2D eigenvalue weighted by atomic mass is 16.5. The Morgan fingerprint density at radius 3 is 2.62 bits per heavy atom. The summed E-state index contributed by atoms with van der Waals surface area (Å²) in [4.78, 5) is 12.1. The van der Waals surface area contributed by atoms with Crippen LogP contribution >= 0.6 is 0 Å². The molecule has 0 bridgehead atoms. The molecule has 0 saturated carbocycles. The molecule has 2 rings (SSSR count). The van der Waals surface area contributed by atoms with Gasteiger partial charge in [0.1, 0.15) is 11.6 Å². The molecule has 0 fully saturated rings. The van der Waals surface area contributed by atoms with Gasteiger partial charge in [0.15, 0.2) is 0 Å². The Labute approximate surface area is 124 Å². The van der Waals surface area contributed by atoms with Gasteiger partial charge in [0.25, 0.3) is 0 Å². The van der Waals surface area contributed by atoms with E-state index in [4.69, 9.17) is 4.74 Å². The summed E-state index contributed by atoms with van der Waals surface area (Å²) < 4.78 is 7.17. The van der Waals surface area contributed by atoms with Crippen LogP contribution in [0.1, 0.15) is 32.4 Å². The number of rotatable bonds is 6. The van der Waals surface area contributed by atoms with E-state index < -0.39 is 0 Å². The average Bonchev–Trinajstić information content (AvgIpc) is 2.89. The minimum Gasteiger partial charge on any atom is -0.494 e. The lowest BCUT2D eigenvalue weighted by atomic mass is 10.1. The predicted molar refractivity (Wildman–Crippen MR) is 82.6 cm³/mol. The Kier molecular flexibility index (Phi) is 4.98. The second-order valence-corrected chi connectivity index (χ2v) is 5.06. The maximum Gasteiger partial charge on any atom is 0.229 e. The van der Waals surface area contributed by atoms with Gasteiger partial charge in [-0.3, -0.25) is 4.79 Å². The second kappa shape index (κ2) is 6.92. The number of nitrogens with zero attached hydrogens (tertiary/aromatic N) is 2. The maximum absolute atomic E-state index is 12.1. The van der Waals surface area contributed by atoms with Gasteiger partial charge in [-0.2, -0.15) is 5.10 Å². The molecule has 0 aliphatic rings. The van der Waals surface area contributed by atoms with Gasteiger partial charge in [0.05, 0.1) is 19.2 Å². The van der Waals surface area contributed by atoms with Crippen molar-refractivity contribution in [1.82, 2.24) is 9.78 Å². The number of carbonyl (C=O) groups is 1. The van der Waals surface area contributed by atoms with Crippen LogP contribution in [0.25, 0.3) is 0 Å². The molecule has 0 unspecified atom stereocenters. The van der Waals surface area contributed by atoms with Crippen molar-refractivity contribution >= 4 is 11.7 Å². The van der Waals surface area contributed by atoms with Crippen molar-refractivity contribution in [3.05, 3.63) is 42.1 Å². The molecule has 2 aromatic rings. The van der Waals surface area contributed by atoms with E-state index >= 15 is 0 Å². The van der Waals surface area contributed by atoms with E-state index in [0.717, 1.165) is 17.1 Å². The Bertz CT molecular complexity index is 588. The molecule has 0 aliphatic heterocycles. The summed E-state index contributed by atoms with van der Waals surface area (Å²) in [6.07, 6.45) is 2.02. The van der Waals surface area contributed by atoms with Gasteiger partial charge >= 0.3 is 0 Å². The van der Waals surface area contributed by atoms with Gasteiger partial charge in [-0.25, -0.2) is 4.68 Å². The molecule has 0 spiro atoms. The van der Waals surface area contributed by atoms with Gasteiger partial charge < -0.3 is 10.1 Å². The van der Waals surface area contributed by atoms with Gasteiger partial charge in [0, 0.05) is 12.1 Å². The summed E-state index contributed by atoms with van der Waals surface area (Å²) in [6, 6.07) is 9.58. The first-order chi connectivity index (χ1) is 10.1. The topological polar surface area (TPSA) is 56.1 Å². The Morgan fingerprint density at radius 2 is 2.00 bits per heavy atom. The first-order valence-corrected chi connectivity index (χ1v) is 7.15. The van der Waals surface area contributed by atoms with Gasteiger partial charge in [-0.05, 0) is 38.5 Å². The molecule has 112 valence electrons. The molecule has 1 aromatic carbocycles. The summed E-state index contributed by atoms with van der Waals surface area (Å²) in [6.45, 7) is 6.63. The van der Waals surface area contributed by atoms with E-state index in [1.54, 1.807) is 16.9 Å². The van der Waals surface area contributed by atoms with Crippen LogP contribution in [0.2, 0.25) is 0 Å². The van der Waals surface area contributed by atoms with Crippen molar-refractivity contribution in [3.63, 3.8) is 0 Å². The van der Waals surface area contributed by atoms with E-state index in [1.165, 1.54) is 0 Å². The molecule has 1 amide bonds. The fourth-order valence-electron chi connectivity index (χ4n) is 2.07. The zero-order chi connectivity index (χ0) is 15.2. The number of carbonyl (C=O) groups excluding carboxylic acids is 1. The molecule has 5 heteroatoms. The fraction of sp³-hybridized carbons (Fsp3) is 0.375. The number of benzene rings is 1. The third-order valence-electron chi connectivity index (χ3n) is 3.03. The van der Waals surface area contributed by atoms with Crippen molar-refractivity contribution in [2.45, 2.75) is 33.2 Å². The maximum atomic E-state index is 12.1. The number of nitrogens with one attached hydrogen (secondary N) is 1. The van der Waals surface area contributed by atoms with Crippen LogP contribution in [-0.2, 0) is 11.2 Å². The third kappa shape index (κ3) is 4.08. The highest BCUT2D eigenvalue weighted by molar-refractivity contribution is 5.91. The number of hydrogen-bond acceptors (Lipinski definition) is 3. The SMILES string of the molecule is CCOc1ccc(CC(=O)Nc2ccnn2C(C)C)cc1. The molecule has 21 heavy (non-hydrogen) atoms. The monoisotopic (exact) mass is 287 g/mol. The normalized spacial score (nSPS) is 10.7. The largest absolute Gasteiger partial charge is 0.494 e. The van der Waals surface area contributed by atoms with E-state index in [2.05, 4.69) is 10.4 Å². The van der Waals surface area contributed by atoms with Crippen molar-refractivity contribution < 1.29 is 9.53 Å². The number of hydrogen-bond donors (Lipinski definition) is 1. The minimum absolute atomic E-state index is 0.0541. The third-order valence-corrected chi connectivity index (χ3v) is 3.03. The van der Waals surface area contributed by atoms with Crippen molar-refractivity contribution in [2.24, 2.45) is 0 Å². The van der Waals surface area contributed by atoms with E-state index in [9.17, 15) is 4.79 Å². The smallest absolute Gasteiger partial charge is 0.229 e. The molecule has 1 heterocycles. The molecule has 0 aliphatic carbocycles. The summed E-state index contributed by atoms with van der Waals surface area (Å²) in [5.41, 5.74) is 0.951. The van der Waals surface area contributed by atoms with Crippen LogP contribution in [0, 0.1) is 0 Å². The van der Waals surface area contributed by atoms with Crippen molar-refractivity contribution in [1.29, 1.82) is 0 Å². The molecule has 0 saturated heterocycles. The van der Waals surface area contributed by atoms with Crippen LogP contribution < -0.4 is 10.1 Å². The van der Waals surface area contributed by atoms with Crippen LogP contribution in [0.3, 0.4) is 0 Å². The van der Waals surface area contributed by atoms with E-state index in [-0.39, 0.29) is 11.9 Å². The molecule has 1 aromatic heterocycles. The van der Waals surface area contributed by atoms with E-state index in [1.807, 2.05) is 45.0 Å². The first kappa shape index (κ1) is 15.1. The lowest BCUT2D eigenvalue weighted by Crippen LogP contribution is -2.18. The second-order valence-electron chi connectivity index (χ2n) is 5.06. The molecular formula is C16H21N3O2. The molecule has 0 radical (unpaired) electrons. The lowest BCUT2D eigenvalue weighted by molar-refractivity contribution is -0.115. The zero-order valence-electron chi connectivity index (χ0n) is 12.7. The van der Waals surface area contributed by atoms with E-state index in [0.29, 0.717) is 13.0 Å². The number of anilines is 1. The summed E-state index contributed by atoms with van der Waals surface area (Å²) in [5.74, 6) is 1.49. The first-order valence-electron chi connectivity index (χ1n) is 7.15. The predicted octanol–water partition coefficient (Wildman–Crippen LogP) is 3.04. The van der Waals surface area contributed by atoms with Crippen LogP contribution in [0.15, 0.2) is 36.5 Å². The summed E-state index contributed by atoms with van der Waals surface area (Å²) >= 11 is 0. The Hall–Kier alpha value is -2.30. The summed E-state index contributed by atoms with van der Waals surface area (Å²) in [7, 11) is 0. The van der Waals surface area contributed by atoms with Crippen LogP contribution in [0.4, 0.5) is 5.82 Å². The Morgan fingerprint density at radius 1 is 1.29 bits per heavy atom. The molecule has 1 N–H and O–H groups in total. The minimum atomic E-state index is -0.0541. The number of ether oxygens (including phenoxy) is 1. The highest BCUT2D eigenvalue weighted by Crippen LogP contribution is 2.15. The van der Waals surface area contributed by atoms with Crippen molar-refractivity contribution in [2.75, 3.05) is 11.9 Å². The van der Waals surface area contributed by atoms with Crippen LogP contribution in [-0.4, -0.2) is 22.3 Å². The zero-order valence-corrected chi connectivity index (χ0v) is 12.7. The van der Waals surface area contributed by atoms with Gasteiger partial charge in [-0.15, -0.1) is 0 Å². The molecular weight excluding hydrogens is 266 g/mol. The molecule has 5 nitrogen and oxygen atoms in total. The average molecular weight is 287 g/mol. The quantitative estimate of drug-likeness (QED) is 0.888. The summed E-state index contributed by atoms with van der Waals surface area (Å²) in [5, 5.41) is 7.08. The number of amides is 1. The number of aromatic nitrogens is 2. The van der Waals surface area contributed by atoms with Gasteiger partial charge in [-0.1, -0.05) is 12.1 Å². The fourth-order valence-corrected chi connectivity index (χ4v) is 2.07. The van der Waals surface area contributed by atoms with Gasteiger partial charge in [0.2, 0.25) is 5.91 Å². The highest BCUT2D eigenvalue weighted by Gasteiger charge is 2.10. The standard InChI is InChI=1S/C16H21N3O2/c1-4-21-14-7-5-13(6-8-14)11-16(20)18-15-9-10-17-19(15)12(2)3/h5-10,12H,4,11H2,1-3H3,(H,18,20). The molecule has 0 atom stereocenters. The van der Waals surface area contributed by atoms with Crippen molar-refractivity contribution in [3.8, 4) is 5.75 Å². The van der Waals surface area contributed by atoms with Crippen LogP contribution in [0.5, 0.6) is 5.75 Å². The Balaban J connectivity index is 1.96. The lowest BCUT2D eigenvalue weighted by Gasteiger charge is -2.12.